The lowest BCUT2D eigenvalue weighted by molar-refractivity contribution is 0.0696. The normalized spacial score (nSPS) is 11.3. The van der Waals surface area contributed by atoms with E-state index in [0.717, 1.165) is 10.1 Å². The average Bonchev–Trinajstić information content (AvgIpc) is 3.61. The number of hydrazone groups is 1. The maximum atomic E-state index is 13.0. The SMILES string of the molecule is COc1cc(/C=N\Nc2nc3c(c(=O)n(C)c(=O)n3C)n2Cc2ccccc2)ccc1OC(=O)c1ccco1. The van der Waals surface area contributed by atoms with Crippen LogP contribution in [0.4, 0.5) is 5.95 Å². The highest BCUT2D eigenvalue weighted by atomic mass is 16.6. The number of ether oxygens (including phenoxy) is 2. The Labute approximate surface area is 221 Å². The first-order valence-corrected chi connectivity index (χ1v) is 11.8. The Balaban J connectivity index is 1.45. The van der Waals surface area contributed by atoms with Gasteiger partial charge < -0.3 is 13.9 Å². The summed E-state index contributed by atoms with van der Waals surface area (Å²) >= 11 is 0. The van der Waals surface area contributed by atoms with Crippen molar-refractivity contribution in [3.8, 4) is 11.5 Å². The summed E-state index contributed by atoms with van der Waals surface area (Å²) < 4.78 is 19.8. The molecule has 0 radical (unpaired) electrons. The minimum atomic E-state index is -0.653. The molecule has 0 bridgehead atoms. The number of hydrogen-bond donors (Lipinski definition) is 1. The highest BCUT2D eigenvalue weighted by Gasteiger charge is 2.19. The van der Waals surface area contributed by atoms with Crippen LogP contribution in [0.3, 0.4) is 0 Å². The summed E-state index contributed by atoms with van der Waals surface area (Å²) in [7, 11) is 4.44. The minimum absolute atomic E-state index is 0.0672. The van der Waals surface area contributed by atoms with E-state index < -0.39 is 17.2 Å². The van der Waals surface area contributed by atoms with Gasteiger partial charge in [0.25, 0.3) is 5.56 Å². The minimum Gasteiger partial charge on any atom is -0.493 e. The van der Waals surface area contributed by atoms with Crippen molar-refractivity contribution in [2.24, 2.45) is 19.2 Å². The highest BCUT2D eigenvalue weighted by molar-refractivity contribution is 5.89. The molecule has 0 amide bonds. The number of furan rings is 1. The zero-order valence-electron chi connectivity index (χ0n) is 21.3. The molecular weight excluding hydrogens is 504 g/mol. The second kappa shape index (κ2) is 10.5. The Morgan fingerprint density at radius 3 is 2.56 bits per heavy atom. The van der Waals surface area contributed by atoms with Crippen LogP contribution in [0.15, 0.2) is 86.0 Å². The van der Waals surface area contributed by atoms with Crippen LogP contribution in [-0.2, 0) is 20.6 Å². The summed E-state index contributed by atoms with van der Waals surface area (Å²) in [5, 5.41) is 4.29. The predicted octanol–water partition coefficient (Wildman–Crippen LogP) is 2.75. The number of rotatable bonds is 8. The van der Waals surface area contributed by atoms with Crippen LogP contribution in [0.25, 0.3) is 11.2 Å². The van der Waals surface area contributed by atoms with E-state index in [4.69, 9.17) is 13.9 Å². The van der Waals surface area contributed by atoms with Crippen molar-refractivity contribution < 1.29 is 18.7 Å². The van der Waals surface area contributed by atoms with Crippen LogP contribution in [0, 0.1) is 0 Å². The standard InChI is InChI=1S/C27H24N6O6/c1-31-23-22(24(34)32(2)27(31)36)33(16-17-8-5-4-6-9-17)26(29-23)30-28-15-18-11-12-19(21(14-18)37-3)39-25(35)20-10-7-13-38-20/h4-15H,16H2,1-3H3,(H,29,30)/b28-15-. The number of imidazole rings is 1. The van der Waals surface area contributed by atoms with Gasteiger partial charge in [-0.3, -0.25) is 18.5 Å². The largest absolute Gasteiger partial charge is 0.493 e. The molecule has 39 heavy (non-hydrogen) atoms. The maximum absolute atomic E-state index is 13.0. The van der Waals surface area contributed by atoms with E-state index in [1.54, 1.807) is 35.9 Å². The molecule has 0 unspecified atom stereocenters. The molecule has 3 aromatic heterocycles. The van der Waals surface area contributed by atoms with Gasteiger partial charge in [-0.2, -0.15) is 10.1 Å². The third kappa shape index (κ3) is 4.94. The molecule has 12 heteroatoms. The molecular formula is C27H24N6O6. The number of carbonyl (C=O) groups is 1. The van der Waals surface area contributed by atoms with Gasteiger partial charge in [0.2, 0.25) is 11.7 Å². The molecule has 0 atom stereocenters. The summed E-state index contributed by atoms with van der Waals surface area (Å²) in [6.07, 6.45) is 2.90. The van der Waals surface area contributed by atoms with Crippen molar-refractivity contribution in [3.63, 3.8) is 0 Å². The number of nitrogens with one attached hydrogen (secondary N) is 1. The zero-order valence-corrected chi connectivity index (χ0v) is 21.3. The first-order valence-electron chi connectivity index (χ1n) is 11.8. The maximum Gasteiger partial charge on any atom is 0.379 e. The average molecular weight is 529 g/mol. The van der Waals surface area contributed by atoms with Gasteiger partial charge in [0.1, 0.15) is 0 Å². The number of fused-ring (bicyclic) bond motifs is 1. The quantitative estimate of drug-likeness (QED) is 0.141. The molecule has 1 N–H and O–H groups in total. The van der Waals surface area contributed by atoms with Crippen molar-refractivity contribution in [1.82, 2.24) is 18.7 Å². The van der Waals surface area contributed by atoms with E-state index in [0.29, 0.717) is 17.9 Å². The highest BCUT2D eigenvalue weighted by Crippen LogP contribution is 2.28. The number of esters is 1. The molecule has 0 saturated carbocycles. The molecule has 2 aromatic carbocycles. The van der Waals surface area contributed by atoms with E-state index in [2.05, 4.69) is 15.5 Å². The Morgan fingerprint density at radius 2 is 1.85 bits per heavy atom. The fraction of sp³-hybridized carbons (Fsp3) is 0.148. The number of aryl methyl sites for hydroxylation is 1. The number of hydrogen-bond acceptors (Lipinski definition) is 9. The Hall–Kier alpha value is -5.39. The van der Waals surface area contributed by atoms with Crippen molar-refractivity contribution in [2.75, 3.05) is 12.5 Å². The molecule has 5 rings (SSSR count). The first-order chi connectivity index (χ1) is 18.9. The molecule has 0 spiro atoms. The zero-order chi connectivity index (χ0) is 27.5. The van der Waals surface area contributed by atoms with Gasteiger partial charge in [0.05, 0.1) is 26.1 Å². The van der Waals surface area contributed by atoms with E-state index in [1.165, 1.54) is 37.3 Å². The molecule has 0 fully saturated rings. The topological polar surface area (TPSA) is 135 Å². The van der Waals surface area contributed by atoms with Crippen LogP contribution >= 0.6 is 0 Å². The lowest BCUT2D eigenvalue weighted by Gasteiger charge is -2.10. The summed E-state index contributed by atoms with van der Waals surface area (Å²) in [5.74, 6) is 0.218. The second-order valence-electron chi connectivity index (χ2n) is 8.53. The smallest absolute Gasteiger partial charge is 0.379 e. The van der Waals surface area contributed by atoms with Gasteiger partial charge >= 0.3 is 11.7 Å². The van der Waals surface area contributed by atoms with E-state index in [9.17, 15) is 14.4 Å². The summed E-state index contributed by atoms with van der Waals surface area (Å²) in [6, 6.07) is 17.5. The third-order valence-electron chi connectivity index (χ3n) is 6.02. The van der Waals surface area contributed by atoms with E-state index >= 15 is 0 Å². The van der Waals surface area contributed by atoms with E-state index in [-0.39, 0.29) is 28.6 Å². The number of anilines is 1. The fourth-order valence-corrected chi connectivity index (χ4v) is 4.01. The second-order valence-corrected chi connectivity index (χ2v) is 8.53. The van der Waals surface area contributed by atoms with Crippen molar-refractivity contribution in [2.45, 2.75) is 6.54 Å². The van der Waals surface area contributed by atoms with Crippen LogP contribution in [0.1, 0.15) is 21.7 Å². The first kappa shape index (κ1) is 25.3. The molecule has 0 aliphatic rings. The van der Waals surface area contributed by atoms with Crippen molar-refractivity contribution >= 4 is 29.3 Å². The molecule has 0 aliphatic carbocycles. The third-order valence-corrected chi connectivity index (χ3v) is 6.02. The predicted molar refractivity (Wildman–Crippen MR) is 144 cm³/mol. The van der Waals surface area contributed by atoms with Gasteiger partial charge in [-0.25, -0.2) is 15.0 Å². The van der Waals surface area contributed by atoms with Gasteiger partial charge in [0, 0.05) is 14.1 Å². The monoisotopic (exact) mass is 528 g/mol. The summed E-state index contributed by atoms with van der Waals surface area (Å²) in [5.41, 5.74) is 4.02. The van der Waals surface area contributed by atoms with Gasteiger partial charge in [-0.1, -0.05) is 30.3 Å². The molecule has 5 aromatic rings. The Bertz CT molecular complexity index is 1800. The fourth-order valence-electron chi connectivity index (χ4n) is 4.01. The molecule has 198 valence electrons. The van der Waals surface area contributed by atoms with Crippen molar-refractivity contribution in [3.05, 3.63) is 105 Å². The number of benzene rings is 2. The number of nitrogens with zero attached hydrogens (tertiary/aromatic N) is 5. The van der Waals surface area contributed by atoms with E-state index in [1.807, 2.05) is 30.3 Å². The Morgan fingerprint density at radius 1 is 1.05 bits per heavy atom. The van der Waals surface area contributed by atoms with Gasteiger partial charge in [-0.15, -0.1) is 0 Å². The summed E-state index contributed by atoms with van der Waals surface area (Å²) in [4.78, 5) is 42.2. The number of carbonyl (C=O) groups excluding carboxylic acids is 1. The summed E-state index contributed by atoms with van der Waals surface area (Å²) in [6.45, 7) is 0.326. The Kier molecular flexibility index (Phi) is 6.83. The van der Waals surface area contributed by atoms with Crippen LogP contribution in [0.5, 0.6) is 11.5 Å². The van der Waals surface area contributed by atoms with Crippen LogP contribution < -0.4 is 26.1 Å². The van der Waals surface area contributed by atoms with Gasteiger partial charge in [0.15, 0.2) is 22.7 Å². The molecule has 0 saturated heterocycles. The number of aromatic nitrogens is 4. The lowest BCUT2D eigenvalue weighted by Crippen LogP contribution is -2.37. The molecule has 3 heterocycles. The number of methoxy groups -OCH3 is 1. The lowest BCUT2D eigenvalue weighted by atomic mass is 10.2. The molecule has 0 aliphatic heterocycles. The van der Waals surface area contributed by atoms with Crippen LogP contribution in [-0.4, -0.2) is 38.0 Å². The molecule has 12 nitrogen and oxygen atoms in total. The van der Waals surface area contributed by atoms with Crippen molar-refractivity contribution in [1.29, 1.82) is 0 Å². The van der Waals surface area contributed by atoms with Gasteiger partial charge in [-0.05, 0) is 41.5 Å². The van der Waals surface area contributed by atoms with Crippen LogP contribution in [0.2, 0.25) is 0 Å².